The first-order valence-electron chi connectivity index (χ1n) is 8.48. The Labute approximate surface area is 138 Å². The zero-order chi connectivity index (χ0) is 16.8. The van der Waals surface area contributed by atoms with E-state index in [9.17, 15) is 9.90 Å². The van der Waals surface area contributed by atoms with Gasteiger partial charge in [-0.15, -0.1) is 0 Å². The third kappa shape index (κ3) is 5.30. The van der Waals surface area contributed by atoms with E-state index in [1.54, 1.807) is 0 Å². The lowest BCUT2D eigenvalue weighted by atomic mass is 10.0. The number of nitrogens with one attached hydrogen (secondary N) is 3. The number of aliphatic hydroxyl groups excluding tert-OH is 1. The summed E-state index contributed by atoms with van der Waals surface area (Å²) in [6.45, 7) is 8.46. The molecule has 3 unspecified atom stereocenters. The summed E-state index contributed by atoms with van der Waals surface area (Å²) in [5.41, 5.74) is 2.05. The number of hydrogen-bond donors (Lipinski definition) is 4. The van der Waals surface area contributed by atoms with E-state index in [-0.39, 0.29) is 24.0 Å². The maximum Gasteiger partial charge on any atom is 0.225 e. The van der Waals surface area contributed by atoms with Gasteiger partial charge in [-0.2, -0.15) is 0 Å². The van der Waals surface area contributed by atoms with Crippen molar-refractivity contribution in [3.05, 3.63) is 29.8 Å². The molecule has 2 rings (SSSR count). The monoisotopic (exact) mass is 319 g/mol. The van der Waals surface area contributed by atoms with Gasteiger partial charge in [0.1, 0.15) is 0 Å². The number of amides is 1. The lowest BCUT2D eigenvalue weighted by Gasteiger charge is -2.19. The second-order valence-electron chi connectivity index (χ2n) is 6.79. The molecule has 0 aliphatic carbocycles. The van der Waals surface area contributed by atoms with Gasteiger partial charge in [0.15, 0.2) is 0 Å². The Kier molecular flexibility index (Phi) is 6.57. The molecule has 1 aliphatic heterocycles. The Balaban J connectivity index is 1.80. The van der Waals surface area contributed by atoms with Crippen LogP contribution in [0, 0.1) is 5.92 Å². The van der Waals surface area contributed by atoms with Gasteiger partial charge in [0.25, 0.3) is 0 Å². The first kappa shape index (κ1) is 17.9. The molecule has 1 heterocycles. The van der Waals surface area contributed by atoms with Crippen molar-refractivity contribution in [3.63, 3.8) is 0 Å². The molecular formula is C18H29N3O2. The van der Waals surface area contributed by atoms with Crippen LogP contribution in [0.1, 0.15) is 38.7 Å². The van der Waals surface area contributed by atoms with Crippen LogP contribution >= 0.6 is 0 Å². The number of carbonyl (C=O) groups excluding carboxylic acids is 1. The Morgan fingerprint density at radius 2 is 2.04 bits per heavy atom. The second kappa shape index (κ2) is 8.43. The third-order valence-corrected chi connectivity index (χ3v) is 4.38. The molecule has 0 aromatic heterocycles. The van der Waals surface area contributed by atoms with E-state index in [0.29, 0.717) is 18.9 Å². The fourth-order valence-corrected chi connectivity index (χ4v) is 2.95. The summed E-state index contributed by atoms with van der Waals surface area (Å²) in [6, 6.07) is 8.02. The van der Waals surface area contributed by atoms with E-state index in [2.05, 4.69) is 35.9 Å². The van der Waals surface area contributed by atoms with Gasteiger partial charge in [0, 0.05) is 43.7 Å². The van der Waals surface area contributed by atoms with E-state index in [1.807, 2.05) is 25.1 Å². The van der Waals surface area contributed by atoms with Gasteiger partial charge in [0.05, 0.1) is 6.10 Å². The lowest BCUT2D eigenvalue weighted by molar-refractivity contribution is -0.116. The maximum atomic E-state index is 12.2. The molecule has 0 saturated carbocycles. The third-order valence-electron chi connectivity index (χ3n) is 4.38. The number of aliphatic hydroxyl groups is 1. The van der Waals surface area contributed by atoms with Gasteiger partial charge in [0.2, 0.25) is 5.91 Å². The highest BCUT2D eigenvalue weighted by atomic mass is 16.3. The highest BCUT2D eigenvalue weighted by Gasteiger charge is 2.25. The van der Waals surface area contributed by atoms with Gasteiger partial charge in [-0.3, -0.25) is 4.79 Å². The van der Waals surface area contributed by atoms with Crippen molar-refractivity contribution >= 4 is 11.6 Å². The topological polar surface area (TPSA) is 73.4 Å². The molecular weight excluding hydrogens is 290 g/mol. The molecule has 4 N–H and O–H groups in total. The predicted molar refractivity (Wildman–Crippen MR) is 93.6 cm³/mol. The van der Waals surface area contributed by atoms with Crippen molar-refractivity contribution in [3.8, 4) is 0 Å². The zero-order valence-corrected chi connectivity index (χ0v) is 14.3. The molecule has 23 heavy (non-hydrogen) atoms. The quantitative estimate of drug-likeness (QED) is 0.617. The summed E-state index contributed by atoms with van der Waals surface area (Å²) in [4.78, 5) is 12.2. The van der Waals surface area contributed by atoms with Gasteiger partial charge in [-0.1, -0.05) is 32.0 Å². The molecule has 0 bridgehead atoms. The van der Waals surface area contributed by atoms with Crippen molar-refractivity contribution in [2.75, 3.05) is 25.0 Å². The number of para-hydroxylation sites is 1. The number of rotatable bonds is 7. The average molecular weight is 319 g/mol. The minimum absolute atomic E-state index is 0.0168. The first-order valence-corrected chi connectivity index (χ1v) is 8.48. The Morgan fingerprint density at radius 1 is 1.30 bits per heavy atom. The average Bonchev–Trinajstić information content (AvgIpc) is 2.90. The zero-order valence-electron chi connectivity index (χ0n) is 14.3. The number of benzene rings is 1. The molecule has 0 spiro atoms. The number of hydrogen-bond acceptors (Lipinski definition) is 4. The number of carbonyl (C=O) groups is 1. The molecule has 1 aliphatic rings. The van der Waals surface area contributed by atoms with Crippen LogP contribution in [-0.4, -0.2) is 42.8 Å². The Hall–Kier alpha value is -1.43. The van der Waals surface area contributed by atoms with Gasteiger partial charge in [-0.25, -0.2) is 0 Å². The highest BCUT2D eigenvalue weighted by Crippen LogP contribution is 2.23. The van der Waals surface area contributed by atoms with E-state index >= 15 is 0 Å². The van der Waals surface area contributed by atoms with Crippen LogP contribution in [0.25, 0.3) is 0 Å². The summed E-state index contributed by atoms with van der Waals surface area (Å²) in [5, 5.41) is 19.3. The van der Waals surface area contributed by atoms with Crippen molar-refractivity contribution in [2.24, 2.45) is 5.92 Å². The minimum Gasteiger partial charge on any atom is -0.391 e. The van der Waals surface area contributed by atoms with Gasteiger partial charge >= 0.3 is 0 Å². The number of β-amino-alcohol motifs (C(OH)–C–C–N with tert-alkyl or cyclic N) is 1. The molecule has 1 fully saturated rings. The van der Waals surface area contributed by atoms with Crippen LogP contribution in [0.2, 0.25) is 0 Å². The predicted octanol–water partition coefficient (Wildman–Crippen LogP) is 1.70. The van der Waals surface area contributed by atoms with Crippen LogP contribution in [0.15, 0.2) is 24.3 Å². The summed E-state index contributed by atoms with van der Waals surface area (Å²) in [5.74, 6) is 0.615. The van der Waals surface area contributed by atoms with Crippen molar-refractivity contribution in [1.29, 1.82) is 0 Å². The molecule has 128 valence electrons. The summed E-state index contributed by atoms with van der Waals surface area (Å²) >= 11 is 0. The summed E-state index contributed by atoms with van der Waals surface area (Å²) < 4.78 is 0. The molecule has 1 aromatic carbocycles. The maximum absolute atomic E-state index is 12.2. The minimum atomic E-state index is -0.290. The fraction of sp³-hybridized carbons (Fsp3) is 0.611. The standard InChI is InChI=1S/C18H29N3O2/c1-12(2)15-6-4-5-7-16(15)21-18(23)8-13(3)20-10-14-9-19-11-17(14)22/h4-7,12-14,17,19-20,22H,8-11H2,1-3H3,(H,21,23). The smallest absolute Gasteiger partial charge is 0.225 e. The van der Waals surface area contributed by atoms with Crippen molar-refractivity contribution in [1.82, 2.24) is 10.6 Å². The van der Waals surface area contributed by atoms with Crippen molar-refractivity contribution < 1.29 is 9.90 Å². The Morgan fingerprint density at radius 3 is 2.70 bits per heavy atom. The first-order chi connectivity index (χ1) is 11.0. The fourth-order valence-electron chi connectivity index (χ4n) is 2.95. The molecule has 1 aromatic rings. The molecule has 0 radical (unpaired) electrons. The SMILES string of the molecule is CC(CC(=O)Nc1ccccc1C(C)C)NCC1CNCC1O. The van der Waals surface area contributed by atoms with Crippen LogP contribution in [0.3, 0.4) is 0 Å². The largest absolute Gasteiger partial charge is 0.391 e. The lowest BCUT2D eigenvalue weighted by Crippen LogP contribution is -2.37. The van der Waals surface area contributed by atoms with E-state index in [4.69, 9.17) is 0 Å². The van der Waals surface area contributed by atoms with Gasteiger partial charge in [-0.05, 0) is 24.5 Å². The van der Waals surface area contributed by atoms with E-state index < -0.39 is 0 Å². The Bertz CT molecular complexity index is 519. The summed E-state index contributed by atoms with van der Waals surface area (Å²) in [7, 11) is 0. The molecule has 3 atom stereocenters. The normalized spacial score (nSPS) is 22.3. The van der Waals surface area contributed by atoms with E-state index in [0.717, 1.165) is 24.3 Å². The van der Waals surface area contributed by atoms with Crippen LogP contribution < -0.4 is 16.0 Å². The number of anilines is 1. The summed E-state index contributed by atoms with van der Waals surface area (Å²) in [6.07, 6.45) is 0.129. The van der Waals surface area contributed by atoms with Crippen LogP contribution in [0.5, 0.6) is 0 Å². The van der Waals surface area contributed by atoms with Gasteiger partial charge < -0.3 is 21.1 Å². The second-order valence-corrected chi connectivity index (χ2v) is 6.79. The van der Waals surface area contributed by atoms with E-state index in [1.165, 1.54) is 0 Å². The van der Waals surface area contributed by atoms with Crippen LogP contribution in [0.4, 0.5) is 5.69 Å². The van der Waals surface area contributed by atoms with Crippen LogP contribution in [-0.2, 0) is 4.79 Å². The molecule has 1 amide bonds. The molecule has 1 saturated heterocycles. The molecule has 5 heteroatoms. The highest BCUT2D eigenvalue weighted by molar-refractivity contribution is 5.91. The van der Waals surface area contributed by atoms with Crippen molar-refractivity contribution in [2.45, 2.75) is 45.3 Å². The molecule has 5 nitrogen and oxygen atoms in total.